The fourth-order valence-corrected chi connectivity index (χ4v) is 3.42. The third-order valence-electron chi connectivity index (χ3n) is 4.02. The summed E-state index contributed by atoms with van der Waals surface area (Å²) in [4.78, 5) is 30.8. The minimum absolute atomic E-state index is 0.0517. The summed E-state index contributed by atoms with van der Waals surface area (Å²) in [6, 6.07) is 6.95. The van der Waals surface area contributed by atoms with Crippen molar-refractivity contribution in [3.05, 3.63) is 47.1 Å². The van der Waals surface area contributed by atoms with E-state index in [0.717, 1.165) is 16.5 Å². The predicted molar refractivity (Wildman–Crippen MR) is 103 cm³/mol. The van der Waals surface area contributed by atoms with Gasteiger partial charge in [-0.1, -0.05) is 18.2 Å². The van der Waals surface area contributed by atoms with Gasteiger partial charge in [-0.2, -0.15) is 0 Å². The Balaban J connectivity index is 1.58. The lowest BCUT2D eigenvalue weighted by atomic mass is 10.1. The maximum absolute atomic E-state index is 12.2. The number of nitrogens with one attached hydrogen (secondary N) is 3. The number of nitrogens with zero attached hydrogens (tertiary/aromatic N) is 1. The molecular formula is C18H20N4O4S. The van der Waals surface area contributed by atoms with Gasteiger partial charge in [-0.3, -0.25) is 10.1 Å². The number of para-hydroxylation sites is 1. The molecule has 0 aliphatic heterocycles. The van der Waals surface area contributed by atoms with E-state index in [2.05, 4.69) is 25.3 Å². The summed E-state index contributed by atoms with van der Waals surface area (Å²) >= 11 is 1.21. The number of aliphatic hydroxyl groups excluding tert-OH is 1. The molecule has 0 saturated carbocycles. The van der Waals surface area contributed by atoms with Crippen LogP contribution in [0.2, 0.25) is 0 Å². The minimum atomic E-state index is -0.465. The van der Waals surface area contributed by atoms with Crippen LogP contribution in [0.25, 0.3) is 10.9 Å². The number of amides is 2. The number of aromatic nitrogens is 2. The van der Waals surface area contributed by atoms with Crippen molar-refractivity contribution in [2.24, 2.45) is 0 Å². The molecule has 2 amide bonds. The molecule has 0 fully saturated rings. The fraction of sp³-hybridized carbons (Fsp3) is 0.278. The van der Waals surface area contributed by atoms with Crippen LogP contribution in [0.15, 0.2) is 35.8 Å². The van der Waals surface area contributed by atoms with E-state index < -0.39 is 18.0 Å². The fourth-order valence-electron chi connectivity index (χ4n) is 2.71. The van der Waals surface area contributed by atoms with E-state index in [9.17, 15) is 14.7 Å². The number of urea groups is 1. The molecular weight excluding hydrogens is 368 g/mol. The first kappa shape index (κ1) is 18.9. The average Bonchev–Trinajstić information content (AvgIpc) is 3.28. The van der Waals surface area contributed by atoms with Crippen molar-refractivity contribution in [1.82, 2.24) is 15.3 Å². The number of carbonyl (C=O) groups excluding carboxylic acids is 2. The summed E-state index contributed by atoms with van der Waals surface area (Å²) in [7, 11) is 1.31. The van der Waals surface area contributed by atoms with Gasteiger partial charge in [0.25, 0.3) is 0 Å². The third kappa shape index (κ3) is 4.83. The lowest BCUT2D eigenvalue weighted by Gasteiger charge is -2.16. The first-order valence-electron chi connectivity index (χ1n) is 8.33. The summed E-state index contributed by atoms with van der Waals surface area (Å²) in [5.41, 5.74) is 2.55. The van der Waals surface area contributed by atoms with Crippen LogP contribution in [0, 0.1) is 0 Å². The second kappa shape index (κ2) is 8.65. The Bertz CT molecular complexity index is 936. The SMILES string of the molecule is COC(=O)Cc1csc(NC(=O)NC(CO)Cc2c[nH]c3ccccc23)n1. The zero-order valence-corrected chi connectivity index (χ0v) is 15.5. The molecule has 0 aliphatic carbocycles. The number of carbonyl (C=O) groups is 2. The molecule has 1 atom stereocenters. The summed E-state index contributed by atoms with van der Waals surface area (Å²) < 4.78 is 4.59. The molecule has 1 unspecified atom stereocenters. The van der Waals surface area contributed by atoms with Gasteiger partial charge in [0.05, 0.1) is 31.9 Å². The lowest BCUT2D eigenvalue weighted by molar-refractivity contribution is -0.139. The maximum Gasteiger partial charge on any atom is 0.321 e. The minimum Gasteiger partial charge on any atom is -0.469 e. The van der Waals surface area contributed by atoms with Gasteiger partial charge in [-0.15, -0.1) is 11.3 Å². The first-order valence-corrected chi connectivity index (χ1v) is 9.21. The van der Waals surface area contributed by atoms with Crippen molar-refractivity contribution in [2.75, 3.05) is 19.0 Å². The van der Waals surface area contributed by atoms with Crippen molar-refractivity contribution in [1.29, 1.82) is 0 Å². The molecule has 4 N–H and O–H groups in total. The first-order chi connectivity index (χ1) is 13.1. The number of H-pyrrole nitrogens is 1. The van der Waals surface area contributed by atoms with Crippen molar-refractivity contribution >= 4 is 39.4 Å². The second-order valence-electron chi connectivity index (χ2n) is 5.94. The van der Waals surface area contributed by atoms with Crippen LogP contribution in [0.3, 0.4) is 0 Å². The highest BCUT2D eigenvalue weighted by Crippen LogP contribution is 2.19. The van der Waals surface area contributed by atoms with Gasteiger partial charge in [0.1, 0.15) is 0 Å². The molecule has 9 heteroatoms. The third-order valence-corrected chi connectivity index (χ3v) is 4.83. The zero-order chi connectivity index (χ0) is 19.2. The number of esters is 1. The molecule has 27 heavy (non-hydrogen) atoms. The second-order valence-corrected chi connectivity index (χ2v) is 6.80. The lowest BCUT2D eigenvalue weighted by Crippen LogP contribution is -2.41. The Morgan fingerprint density at radius 3 is 2.96 bits per heavy atom. The highest BCUT2D eigenvalue weighted by atomic mass is 32.1. The smallest absolute Gasteiger partial charge is 0.321 e. The summed E-state index contributed by atoms with van der Waals surface area (Å²) in [6.45, 7) is -0.196. The summed E-state index contributed by atoms with van der Waals surface area (Å²) in [5.74, 6) is -0.393. The van der Waals surface area contributed by atoms with Gasteiger partial charge in [0, 0.05) is 22.5 Å². The van der Waals surface area contributed by atoms with E-state index in [1.807, 2.05) is 30.5 Å². The number of anilines is 1. The van der Waals surface area contributed by atoms with Crippen LogP contribution in [0.1, 0.15) is 11.3 Å². The molecule has 3 aromatic rings. The molecule has 0 bridgehead atoms. The Kier molecular flexibility index (Phi) is 6.05. The van der Waals surface area contributed by atoms with E-state index in [1.165, 1.54) is 18.4 Å². The number of fused-ring (bicyclic) bond motifs is 1. The molecule has 2 heterocycles. The Labute approximate surface area is 159 Å². The maximum atomic E-state index is 12.2. The number of ether oxygens (including phenoxy) is 1. The van der Waals surface area contributed by atoms with Crippen LogP contribution in [0.5, 0.6) is 0 Å². The van der Waals surface area contributed by atoms with Crippen molar-refractivity contribution in [2.45, 2.75) is 18.9 Å². The highest BCUT2D eigenvalue weighted by molar-refractivity contribution is 7.13. The van der Waals surface area contributed by atoms with Crippen LogP contribution in [-0.4, -0.2) is 46.8 Å². The molecule has 8 nitrogen and oxygen atoms in total. The summed E-state index contributed by atoms with van der Waals surface area (Å²) in [5, 5.41) is 18.1. The molecule has 2 aromatic heterocycles. The Morgan fingerprint density at radius 2 is 2.19 bits per heavy atom. The number of aliphatic hydroxyl groups is 1. The number of methoxy groups -OCH3 is 1. The van der Waals surface area contributed by atoms with Gasteiger partial charge in [0.2, 0.25) is 0 Å². The summed E-state index contributed by atoms with van der Waals surface area (Å²) in [6.07, 6.45) is 2.42. The number of hydrogen-bond donors (Lipinski definition) is 4. The van der Waals surface area contributed by atoms with Crippen LogP contribution >= 0.6 is 11.3 Å². The molecule has 1 aromatic carbocycles. The Hall–Kier alpha value is -2.91. The quantitative estimate of drug-likeness (QED) is 0.462. The van der Waals surface area contributed by atoms with E-state index in [4.69, 9.17) is 0 Å². The zero-order valence-electron chi connectivity index (χ0n) is 14.7. The molecule has 0 spiro atoms. The van der Waals surface area contributed by atoms with Crippen molar-refractivity contribution < 1.29 is 19.4 Å². The number of thiazole rings is 1. The highest BCUT2D eigenvalue weighted by Gasteiger charge is 2.16. The molecule has 0 radical (unpaired) electrons. The molecule has 3 rings (SSSR count). The normalized spacial score (nSPS) is 11.9. The largest absolute Gasteiger partial charge is 0.469 e. The van der Waals surface area contributed by atoms with Crippen molar-refractivity contribution in [3.8, 4) is 0 Å². The van der Waals surface area contributed by atoms with Crippen LogP contribution in [-0.2, 0) is 22.4 Å². The van der Waals surface area contributed by atoms with Gasteiger partial charge in [-0.25, -0.2) is 9.78 Å². The van der Waals surface area contributed by atoms with E-state index >= 15 is 0 Å². The van der Waals surface area contributed by atoms with Crippen molar-refractivity contribution in [3.63, 3.8) is 0 Å². The number of aromatic amines is 1. The predicted octanol–water partition coefficient (Wildman–Crippen LogP) is 2.06. The Morgan fingerprint density at radius 1 is 1.37 bits per heavy atom. The number of hydrogen-bond acceptors (Lipinski definition) is 6. The van der Waals surface area contributed by atoms with Crippen LogP contribution < -0.4 is 10.6 Å². The standard InChI is InChI=1S/C18H20N4O4S/c1-26-16(24)7-13-10-27-18(21-13)22-17(25)20-12(9-23)6-11-8-19-15-5-3-2-4-14(11)15/h2-5,8,10,12,19,23H,6-7,9H2,1H3,(H2,20,21,22,25). The average molecular weight is 388 g/mol. The monoisotopic (exact) mass is 388 g/mol. The van der Waals surface area contributed by atoms with Gasteiger partial charge in [0.15, 0.2) is 5.13 Å². The van der Waals surface area contributed by atoms with E-state index in [-0.39, 0.29) is 13.0 Å². The van der Waals surface area contributed by atoms with Gasteiger partial charge in [-0.05, 0) is 18.1 Å². The van der Waals surface area contributed by atoms with Crippen LogP contribution in [0.4, 0.5) is 9.93 Å². The van der Waals surface area contributed by atoms with E-state index in [1.54, 1.807) is 5.38 Å². The molecule has 0 saturated heterocycles. The van der Waals surface area contributed by atoms with Gasteiger partial charge < -0.3 is 20.1 Å². The number of rotatable bonds is 7. The topological polar surface area (TPSA) is 116 Å². The van der Waals surface area contributed by atoms with Gasteiger partial charge >= 0.3 is 12.0 Å². The van der Waals surface area contributed by atoms with E-state index in [0.29, 0.717) is 17.2 Å². The molecule has 0 aliphatic rings. The number of benzene rings is 1. The molecule has 142 valence electrons.